The lowest BCUT2D eigenvalue weighted by Gasteiger charge is -2.39. The van der Waals surface area contributed by atoms with Crippen molar-refractivity contribution < 1.29 is 14.3 Å². The number of benzene rings is 2. The second-order valence-corrected chi connectivity index (χ2v) is 7.83. The van der Waals surface area contributed by atoms with E-state index in [0.29, 0.717) is 13.0 Å². The van der Waals surface area contributed by atoms with Crippen molar-refractivity contribution >= 4 is 23.6 Å². The average molecular weight is 402 g/mol. The van der Waals surface area contributed by atoms with Crippen LogP contribution in [0.25, 0.3) is 6.08 Å². The van der Waals surface area contributed by atoms with Gasteiger partial charge in [-0.25, -0.2) is 0 Å². The zero-order valence-electron chi connectivity index (χ0n) is 17.0. The number of anilines is 1. The molecule has 1 amide bonds. The number of para-hydroxylation sites is 1. The van der Waals surface area contributed by atoms with Gasteiger partial charge in [0.15, 0.2) is 5.41 Å². The molecule has 154 valence electrons. The summed E-state index contributed by atoms with van der Waals surface area (Å²) in [4.78, 5) is 26.1. The van der Waals surface area contributed by atoms with Crippen molar-refractivity contribution in [3.05, 3.63) is 84.5 Å². The summed E-state index contributed by atoms with van der Waals surface area (Å²) < 4.78 is 5.13. The van der Waals surface area contributed by atoms with Crippen LogP contribution in [0.2, 0.25) is 0 Å². The van der Waals surface area contributed by atoms with E-state index >= 15 is 0 Å². The zero-order chi connectivity index (χ0) is 21.1. The topological polar surface area (TPSA) is 67.4 Å². The SMILES string of the molecule is C=C[C@H]1C[C@]2(C(=O)OC)C(=O)Nc3ccccc3[C@@H]2[C@H]1NC/C=C/c1ccccc1. The molecule has 30 heavy (non-hydrogen) atoms. The van der Waals surface area contributed by atoms with Crippen LogP contribution in [0.5, 0.6) is 0 Å². The van der Waals surface area contributed by atoms with Crippen LogP contribution in [0.3, 0.4) is 0 Å². The Balaban J connectivity index is 1.67. The number of rotatable bonds is 6. The molecular weight excluding hydrogens is 376 g/mol. The highest BCUT2D eigenvalue weighted by Crippen LogP contribution is 2.57. The molecule has 1 fully saturated rings. The fraction of sp³-hybridized carbons (Fsp3) is 0.280. The first-order chi connectivity index (χ1) is 14.6. The van der Waals surface area contributed by atoms with E-state index in [4.69, 9.17) is 4.74 Å². The summed E-state index contributed by atoms with van der Waals surface area (Å²) in [5, 5.41) is 6.50. The van der Waals surface area contributed by atoms with Gasteiger partial charge in [-0.15, -0.1) is 6.58 Å². The van der Waals surface area contributed by atoms with Gasteiger partial charge in [0.25, 0.3) is 0 Å². The van der Waals surface area contributed by atoms with Gasteiger partial charge in [0, 0.05) is 24.2 Å². The van der Waals surface area contributed by atoms with E-state index in [1.165, 1.54) is 7.11 Å². The predicted molar refractivity (Wildman–Crippen MR) is 118 cm³/mol. The standard InChI is InChI=1S/C25H26N2O3/c1-3-18-16-25(24(29)30-2)21(19-13-7-8-14-20(19)27-23(25)28)22(18)26-15-9-12-17-10-5-4-6-11-17/h3-14,18,21-22,26H,1,15-16H2,2H3,(H,27,28)/b12-9+/t18-,21+,22-,25+/m0/s1. The Morgan fingerprint density at radius 2 is 1.97 bits per heavy atom. The Kier molecular flexibility index (Phi) is 5.55. The fourth-order valence-corrected chi connectivity index (χ4v) is 4.94. The lowest BCUT2D eigenvalue weighted by atomic mass is 9.69. The van der Waals surface area contributed by atoms with Gasteiger partial charge < -0.3 is 15.4 Å². The molecule has 2 N–H and O–H groups in total. The minimum Gasteiger partial charge on any atom is -0.468 e. The number of nitrogens with one attached hydrogen (secondary N) is 2. The molecule has 4 rings (SSSR count). The third kappa shape index (κ3) is 3.25. The Bertz CT molecular complexity index is 985. The molecule has 1 heterocycles. The maximum absolute atomic E-state index is 13.2. The highest BCUT2D eigenvalue weighted by Gasteiger charge is 2.64. The highest BCUT2D eigenvalue weighted by atomic mass is 16.5. The van der Waals surface area contributed by atoms with E-state index in [1.54, 1.807) is 0 Å². The van der Waals surface area contributed by atoms with Gasteiger partial charge in [0.2, 0.25) is 5.91 Å². The molecule has 0 saturated heterocycles. The molecule has 2 aromatic carbocycles. The summed E-state index contributed by atoms with van der Waals surface area (Å²) in [6, 6.07) is 17.6. The second kappa shape index (κ2) is 8.28. The Labute approximate surface area is 176 Å². The van der Waals surface area contributed by atoms with Gasteiger partial charge in [-0.3, -0.25) is 9.59 Å². The minimum absolute atomic E-state index is 0.0452. The van der Waals surface area contributed by atoms with Gasteiger partial charge in [-0.2, -0.15) is 0 Å². The van der Waals surface area contributed by atoms with Crippen LogP contribution < -0.4 is 10.6 Å². The Morgan fingerprint density at radius 1 is 1.23 bits per heavy atom. The van der Waals surface area contributed by atoms with Crippen LogP contribution in [-0.4, -0.2) is 31.6 Å². The summed E-state index contributed by atoms with van der Waals surface area (Å²) >= 11 is 0. The van der Waals surface area contributed by atoms with E-state index < -0.39 is 11.4 Å². The first-order valence-electron chi connectivity index (χ1n) is 10.2. The van der Waals surface area contributed by atoms with Crippen molar-refractivity contribution in [3.63, 3.8) is 0 Å². The van der Waals surface area contributed by atoms with Crippen molar-refractivity contribution in [3.8, 4) is 0 Å². The number of carbonyl (C=O) groups excluding carboxylic acids is 2. The molecule has 1 saturated carbocycles. The van der Waals surface area contributed by atoms with Crippen LogP contribution in [0.1, 0.15) is 23.5 Å². The molecule has 0 radical (unpaired) electrons. The van der Waals surface area contributed by atoms with Crippen molar-refractivity contribution in [2.24, 2.45) is 11.3 Å². The van der Waals surface area contributed by atoms with E-state index in [2.05, 4.69) is 29.4 Å². The van der Waals surface area contributed by atoms with Crippen molar-refractivity contribution in [2.45, 2.75) is 18.4 Å². The van der Waals surface area contributed by atoms with E-state index in [0.717, 1.165) is 16.8 Å². The Morgan fingerprint density at radius 3 is 2.70 bits per heavy atom. The highest BCUT2D eigenvalue weighted by molar-refractivity contribution is 6.12. The fourth-order valence-electron chi connectivity index (χ4n) is 4.94. The lowest BCUT2D eigenvalue weighted by Crippen LogP contribution is -2.52. The molecule has 1 aliphatic carbocycles. The molecule has 0 bridgehead atoms. The third-order valence-electron chi connectivity index (χ3n) is 6.29. The number of carbonyl (C=O) groups is 2. The number of methoxy groups -OCH3 is 1. The van der Waals surface area contributed by atoms with Crippen LogP contribution in [0.4, 0.5) is 5.69 Å². The molecule has 2 aliphatic rings. The van der Waals surface area contributed by atoms with E-state index in [9.17, 15) is 9.59 Å². The normalized spacial score (nSPS) is 27.2. The molecule has 2 aromatic rings. The summed E-state index contributed by atoms with van der Waals surface area (Å²) in [5.74, 6) is -1.16. The molecular formula is C25H26N2O3. The molecule has 5 nitrogen and oxygen atoms in total. The number of fused-ring (bicyclic) bond motifs is 3. The lowest BCUT2D eigenvalue weighted by molar-refractivity contribution is -0.158. The van der Waals surface area contributed by atoms with Crippen LogP contribution >= 0.6 is 0 Å². The summed E-state index contributed by atoms with van der Waals surface area (Å²) in [5.41, 5.74) is 1.57. The zero-order valence-corrected chi connectivity index (χ0v) is 17.0. The summed E-state index contributed by atoms with van der Waals surface area (Å²) in [6.45, 7) is 4.59. The van der Waals surface area contributed by atoms with E-state index in [-0.39, 0.29) is 23.8 Å². The van der Waals surface area contributed by atoms with Gasteiger partial charge >= 0.3 is 5.97 Å². The van der Waals surface area contributed by atoms with Gasteiger partial charge in [0.05, 0.1) is 7.11 Å². The van der Waals surface area contributed by atoms with Crippen molar-refractivity contribution in [2.75, 3.05) is 19.0 Å². The van der Waals surface area contributed by atoms with E-state index in [1.807, 2.05) is 60.7 Å². The van der Waals surface area contributed by atoms with Gasteiger partial charge in [-0.1, -0.05) is 66.8 Å². The molecule has 4 atom stereocenters. The van der Waals surface area contributed by atoms with Crippen LogP contribution in [0.15, 0.2) is 73.3 Å². The van der Waals surface area contributed by atoms with Crippen molar-refractivity contribution in [1.82, 2.24) is 5.32 Å². The third-order valence-corrected chi connectivity index (χ3v) is 6.29. The number of ether oxygens (including phenoxy) is 1. The molecule has 0 unspecified atom stereocenters. The average Bonchev–Trinajstić information content (AvgIpc) is 3.13. The number of hydrogen-bond donors (Lipinski definition) is 2. The Hall–Kier alpha value is -3.18. The van der Waals surface area contributed by atoms with Crippen LogP contribution in [-0.2, 0) is 14.3 Å². The number of esters is 1. The minimum atomic E-state index is -1.26. The van der Waals surface area contributed by atoms with Crippen LogP contribution in [0, 0.1) is 11.3 Å². The predicted octanol–water partition coefficient (Wildman–Crippen LogP) is 3.76. The molecule has 5 heteroatoms. The largest absolute Gasteiger partial charge is 0.468 e. The summed E-state index contributed by atoms with van der Waals surface area (Å²) in [7, 11) is 1.34. The number of hydrogen-bond acceptors (Lipinski definition) is 4. The van der Waals surface area contributed by atoms with Gasteiger partial charge in [0.1, 0.15) is 0 Å². The second-order valence-electron chi connectivity index (χ2n) is 7.83. The number of amides is 1. The van der Waals surface area contributed by atoms with Gasteiger partial charge in [-0.05, 0) is 29.5 Å². The monoisotopic (exact) mass is 402 g/mol. The molecule has 0 spiro atoms. The first kappa shape index (κ1) is 20.1. The maximum atomic E-state index is 13.2. The van der Waals surface area contributed by atoms with Crippen molar-refractivity contribution in [1.29, 1.82) is 0 Å². The maximum Gasteiger partial charge on any atom is 0.322 e. The molecule has 1 aliphatic heterocycles. The quantitative estimate of drug-likeness (QED) is 0.439. The first-order valence-corrected chi connectivity index (χ1v) is 10.2. The summed E-state index contributed by atoms with van der Waals surface area (Å²) in [6.07, 6.45) is 6.33. The smallest absolute Gasteiger partial charge is 0.322 e. The molecule has 0 aromatic heterocycles.